The lowest BCUT2D eigenvalue weighted by atomic mass is 10.1. The Morgan fingerprint density at radius 1 is 1.25 bits per heavy atom. The van der Waals surface area contributed by atoms with E-state index in [4.69, 9.17) is 5.11 Å². The molecule has 0 bridgehead atoms. The highest BCUT2D eigenvalue weighted by atomic mass is 79.9. The summed E-state index contributed by atoms with van der Waals surface area (Å²) in [5.41, 5.74) is 2.20. The molecule has 0 unspecified atom stereocenters. The zero-order chi connectivity index (χ0) is 14.2. The normalized spacial score (nSPS) is 9.90. The predicted molar refractivity (Wildman–Crippen MR) is 86.5 cm³/mol. The lowest BCUT2D eigenvalue weighted by Crippen LogP contribution is -1.85. The van der Waals surface area contributed by atoms with E-state index < -0.39 is 0 Å². The molecular formula is C16H14BrNOS. The van der Waals surface area contributed by atoms with Gasteiger partial charge in [0.2, 0.25) is 0 Å². The van der Waals surface area contributed by atoms with Gasteiger partial charge in [-0.15, -0.1) is 11.8 Å². The molecule has 2 aromatic rings. The van der Waals surface area contributed by atoms with Gasteiger partial charge in [-0.25, -0.2) is 4.98 Å². The molecule has 0 aliphatic carbocycles. The molecule has 0 aliphatic rings. The largest absolute Gasteiger partial charge is 0.395 e. The molecule has 1 aromatic heterocycles. The second kappa shape index (κ2) is 8.11. The SMILES string of the molecule is OCCC#Cc1cccc(CSc2ccc(Br)cn2)c1. The second-order valence-electron chi connectivity index (χ2n) is 4.08. The number of benzene rings is 1. The Labute approximate surface area is 131 Å². The van der Waals surface area contributed by atoms with Crippen molar-refractivity contribution < 1.29 is 5.11 Å². The number of nitrogens with zero attached hydrogens (tertiary/aromatic N) is 1. The van der Waals surface area contributed by atoms with Crippen LogP contribution < -0.4 is 0 Å². The van der Waals surface area contributed by atoms with Crippen LogP contribution in [0, 0.1) is 11.8 Å². The van der Waals surface area contributed by atoms with Gasteiger partial charge in [-0.2, -0.15) is 0 Å². The molecule has 0 spiro atoms. The van der Waals surface area contributed by atoms with Gasteiger partial charge in [0.1, 0.15) is 0 Å². The number of aliphatic hydroxyl groups excluding tert-OH is 1. The van der Waals surface area contributed by atoms with Crippen molar-refractivity contribution in [1.29, 1.82) is 0 Å². The molecule has 1 aromatic carbocycles. The fourth-order valence-corrected chi connectivity index (χ4v) is 2.58. The van der Waals surface area contributed by atoms with Crippen LogP contribution in [0.5, 0.6) is 0 Å². The summed E-state index contributed by atoms with van der Waals surface area (Å²) in [6.07, 6.45) is 2.32. The average molecular weight is 348 g/mol. The molecule has 0 radical (unpaired) electrons. The zero-order valence-electron chi connectivity index (χ0n) is 10.8. The monoisotopic (exact) mass is 347 g/mol. The van der Waals surface area contributed by atoms with Crippen molar-refractivity contribution >= 4 is 27.7 Å². The zero-order valence-corrected chi connectivity index (χ0v) is 13.2. The second-order valence-corrected chi connectivity index (χ2v) is 5.99. The van der Waals surface area contributed by atoms with Crippen molar-refractivity contribution in [1.82, 2.24) is 4.98 Å². The fourth-order valence-electron chi connectivity index (χ4n) is 1.56. The smallest absolute Gasteiger partial charge is 0.0963 e. The van der Waals surface area contributed by atoms with Crippen LogP contribution in [0.15, 0.2) is 52.1 Å². The van der Waals surface area contributed by atoms with E-state index in [9.17, 15) is 0 Å². The highest BCUT2D eigenvalue weighted by Crippen LogP contribution is 2.22. The van der Waals surface area contributed by atoms with Crippen LogP contribution in [0.1, 0.15) is 17.5 Å². The molecular weight excluding hydrogens is 334 g/mol. The summed E-state index contributed by atoms with van der Waals surface area (Å²) in [7, 11) is 0. The van der Waals surface area contributed by atoms with Crippen LogP contribution in [0.2, 0.25) is 0 Å². The Hall–Kier alpha value is -1.28. The van der Waals surface area contributed by atoms with Gasteiger partial charge in [-0.05, 0) is 45.8 Å². The maximum atomic E-state index is 8.71. The van der Waals surface area contributed by atoms with E-state index in [1.54, 1.807) is 18.0 Å². The molecule has 20 heavy (non-hydrogen) atoms. The first-order valence-electron chi connectivity index (χ1n) is 6.21. The topological polar surface area (TPSA) is 33.1 Å². The number of hydrogen-bond acceptors (Lipinski definition) is 3. The van der Waals surface area contributed by atoms with Crippen molar-refractivity contribution in [2.45, 2.75) is 17.2 Å². The van der Waals surface area contributed by atoms with Gasteiger partial charge in [0.05, 0.1) is 11.6 Å². The third-order valence-corrected chi connectivity index (χ3v) is 3.97. The van der Waals surface area contributed by atoms with E-state index >= 15 is 0 Å². The maximum Gasteiger partial charge on any atom is 0.0963 e. The highest BCUT2D eigenvalue weighted by molar-refractivity contribution is 9.10. The van der Waals surface area contributed by atoms with Gasteiger partial charge in [0.25, 0.3) is 0 Å². The molecule has 0 atom stereocenters. The predicted octanol–water partition coefficient (Wildman–Crippen LogP) is 3.87. The Kier molecular flexibility index (Phi) is 6.13. The van der Waals surface area contributed by atoms with Crippen molar-refractivity contribution in [3.8, 4) is 11.8 Å². The van der Waals surface area contributed by atoms with E-state index in [1.165, 1.54) is 5.56 Å². The highest BCUT2D eigenvalue weighted by Gasteiger charge is 1.98. The van der Waals surface area contributed by atoms with Crippen LogP contribution in [-0.4, -0.2) is 16.7 Å². The summed E-state index contributed by atoms with van der Waals surface area (Å²) in [5, 5.41) is 9.72. The van der Waals surface area contributed by atoms with Crippen LogP contribution in [0.3, 0.4) is 0 Å². The first-order chi connectivity index (χ1) is 9.78. The summed E-state index contributed by atoms with van der Waals surface area (Å²) >= 11 is 5.08. The van der Waals surface area contributed by atoms with E-state index in [0.717, 1.165) is 20.8 Å². The number of rotatable bonds is 4. The van der Waals surface area contributed by atoms with E-state index in [0.29, 0.717) is 6.42 Å². The van der Waals surface area contributed by atoms with E-state index in [2.05, 4.69) is 44.9 Å². The fraction of sp³-hybridized carbons (Fsp3) is 0.188. The summed E-state index contributed by atoms with van der Waals surface area (Å²) in [4.78, 5) is 4.34. The molecule has 2 nitrogen and oxygen atoms in total. The molecule has 0 saturated carbocycles. The molecule has 1 N–H and O–H groups in total. The molecule has 1 heterocycles. The van der Waals surface area contributed by atoms with Crippen molar-refractivity contribution in [2.24, 2.45) is 0 Å². The van der Waals surface area contributed by atoms with E-state index in [-0.39, 0.29) is 6.61 Å². The van der Waals surface area contributed by atoms with Crippen LogP contribution in [0.25, 0.3) is 0 Å². The number of aliphatic hydroxyl groups is 1. The van der Waals surface area contributed by atoms with Crippen LogP contribution in [0.4, 0.5) is 0 Å². The summed E-state index contributed by atoms with van der Waals surface area (Å²) in [6, 6.07) is 12.1. The quantitative estimate of drug-likeness (QED) is 0.673. The van der Waals surface area contributed by atoms with Crippen molar-refractivity contribution in [3.05, 3.63) is 58.2 Å². The lowest BCUT2D eigenvalue weighted by Gasteiger charge is -2.02. The number of pyridine rings is 1. The molecule has 0 aliphatic heterocycles. The lowest BCUT2D eigenvalue weighted by molar-refractivity contribution is 0.305. The minimum absolute atomic E-state index is 0.109. The number of thioether (sulfide) groups is 1. The third kappa shape index (κ3) is 5.01. The minimum atomic E-state index is 0.109. The Morgan fingerprint density at radius 2 is 2.15 bits per heavy atom. The standard InChI is InChI=1S/C16H14BrNOS/c17-15-7-8-16(18-11-15)20-12-14-6-3-5-13(10-14)4-1-2-9-19/h3,5-8,10-11,19H,2,9,12H2. The van der Waals surface area contributed by atoms with Crippen molar-refractivity contribution in [2.75, 3.05) is 6.61 Å². The Bertz CT molecular complexity index is 616. The van der Waals surface area contributed by atoms with E-state index in [1.807, 2.05) is 24.3 Å². The van der Waals surface area contributed by atoms with Crippen LogP contribution >= 0.6 is 27.7 Å². The molecule has 4 heteroatoms. The number of halogens is 1. The van der Waals surface area contributed by atoms with Gasteiger partial charge < -0.3 is 5.11 Å². The van der Waals surface area contributed by atoms with Crippen molar-refractivity contribution in [3.63, 3.8) is 0 Å². The molecule has 0 amide bonds. The number of hydrogen-bond donors (Lipinski definition) is 1. The summed E-state index contributed by atoms with van der Waals surface area (Å²) in [6.45, 7) is 0.109. The molecule has 102 valence electrons. The number of aromatic nitrogens is 1. The maximum absolute atomic E-state index is 8.71. The van der Waals surface area contributed by atoms with Gasteiger partial charge in [-0.3, -0.25) is 0 Å². The molecule has 0 fully saturated rings. The van der Waals surface area contributed by atoms with Gasteiger partial charge in [0, 0.05) is 28.4 Å². The third-order valence-electron chi connectivity index (χ3n) is 2.48. The van der Waals surface area contributed by atoms with Gasteiger partial charge in [0.15, 0.2) is 0 Å². The summed E-state index contributed by atoms with van der Waals surface area (Å²) < 4.78 is 0.989. The molecule has 0 saturated heterocycles. The minimum Gasteiger partial charge on any atom is -0.395 e. The first kappa shape index (κ1) is 15.1. The summed E-state index contributed by atoms with van der Waals surface area (Å²) in [5.74, 6) is 6.85. The van der Waals surface area contributed by atoms with Crippen LogP contribution in [-0.2, 0) is 5.75 Å². The Morgan fingerprint density at radius 3 is 2.90 bits per heavy atom. The van der Waals surface area contributed by atoms with Gasteiger partial charge in [-0.1, -0.05) is 24.0 Å². The average Bonchev–Trinajstić information content (AvgIpc) is 2.47. The Balaban J connectivity index is 1.98. The van der Waals surface area contributed by atoms with Gasteiger partial charge >= 0.3 is 0 Å². The molecule has 2 rings (SSSR count). The first-order valence-corrected chi connectivity index (χ1v) is 7.99.